The molecular formula is C44H34N4. The van der Waals surface area contributed by atoms with Gasteiger partial charge >= 0.3 is 0 Å². The number of nitrogens with zero attached hydrogens (tertiary/aromatic N) is 4. The number of aliphatic imine (C=N–C) groups is 1. The molecule has 0 bridgehead atoms. The first-order valence-electron chi connectivity index (χ1n) is 16.0. The van der Waals surface area contributed by atoms with Crippen molar-refractivity contribution in [2.45, 2.75) is 13.8 Å². The van der Waals surface area contributed by atoms with Crippen LogP contribution >= 0.6 is 0 Å². The highest BCUT2D eigenvalue weighted by molar-refractivity contribution is 5.89. The van der Waals surface area contributed by atoms with Crippen molar-refractivity contribution in [3.63, 3.8) is 0 Å². The molecule has 0 saturated heterocycles. The van der Waals surface area contributed by atoms with Gasteiger partial charge in [-0.15, -0.1) is 0 Å². The average molecular weight is 619 g/mol. The van der Waals surface area contributed by atoms with E-state index >= 15 is 0 Å². The lowest BCUT2D eigenvalue weighted by Gasteiger charge is -2.14. The molecule has 0 unspecified atom stereocenters. The van der Waals surface area contributed by atoms with E-state index in [9.17, 15) is 0 Å². The molecule has 0 aliphatic carbocycles. The summed E-state index contributed by atoms with van der Waals surface area (Å²) in [6.45, 7) is 7.70. The summed E-state index contributed by atoms with van der Waals surface area (Å²) in [4.78, 5) is 19.2. The second-order valence-electron chi connectivity index (χ2n) is 11.7. The Morgan fingerprint density at radius 1 is 0.500 bits per heavy atom. The van der Waals surface area contributed by atoms with Gasteiger partial charge in [0, 0.05) is 22.4 Å². The van der Waals surface area contributed by atoms with Crippen LogP contribution < -0.4 is 0 Å². The van der Waals surface area contributed by atoms with Crippen molar-refractivity contribution in [3.8, 4) is 56.4 Å². The predicted octanol–water partition coefficient (Wildman–Crippen LogP) is 11.4. The van der Waals surface area contributed by atoms with Crippen molar-refractivity contribution >= 4 is 23.1 Å². The molecule has 0 spiro atoms. The molecule has 0 atom stereocenters. The van der Waals surface area contributed by atoms with Gasteiger partial charge in [0.15, 0.2) is 17.5 Å². The van der Waals surface area contributed by atoms with Crippen LogP contribution in [0.15, 0.2) is 168 Å². The zero-order valence-corrected chi connectivity index (χ0v) is 27.0. The van der Waals surface area contributed by atoms with E-state index in [1.54, 1.807) is 0 Å². The van der Waals surface area contributed by atoms with Crippen LogP contribution in [0.5, 0.6) is 0 Å². The topological polar surface area (TPSA) is 51.0 Å². The minimum Gasteiger partial charge on any atom is -0.269 e. The molecule has 230 valence electrons. The highest BCUT2D eigenvalue weighted by Crippen LogP contribution is 2.35. The number of fused-ring (bicyclic) bond motifs is 1. The highest BCUT2D eigenvalue weighted by atomic mass is 15.0. The molecule has 4 heteroatoms. The summed E-state index contributed by atoms with van der Waals surface area (Å²) in [6.07, 6.45) is 4.16. The van der Waals surface area contributed by atoms with Crippen molar-refractivity contribution in [3.05, 3.63) is 169 Å². The van der Waals surface area contributed by atoms with E-state index in [-0.39, 0.29) is 0 Å². The molecule has 0 N–H and O–H groups in total. The Hall–Kier alpha value is -6.26. The smallest absolute Gasteiger partial charge is 0.164 e. The summed E-state index contributed by atoms with van der Waals surface area (Å²) < 4.78 is 0. The molecule has 0 amide bonds. The van der Waals surface area contributed by atoms with Gasteiger partial charge in [0.25, 0.3) is 0 Å². The second-order valence-corrected chi connectivity index (χ2v) is 11.7. The molecular weight excluding hydrogens is 585 g/mol. The summed E-state index contributed by atoms with van der Waals surface area (Å²) in [5, 5.41) is 2.40. The Labute approximate surface area is 281 Å². The van der Waals surface area contributed by atoms with Gasteiger partial charge in [-0.2, -0.15) is 0 Å². The Morgan fingerprint density at radius 3 is 1.62 bits per heavy atom. The maximum atomic E-state index is 5.06. The molecule has 1 heterocycles. The minimum atomic E-state index is 0.618. The third kappa shape index (κ3) is 6.51. The lowest BCUT2D eigenvalue weighted by Crippen LogP contribution is -2.00. The zero-order chi connectivity index (χ0) is 32.9. The van der Waals surface area contributed by atoms with Crippen LogP contribution in [0.4, 0.5) is 0 Å². The lowest BCUT2D eigenvalue weighted by atomic mass is 9.93. The van der Waals surface area contributed by atoms with Crippen molar-refractivity contribution in [1.29, 1.82) is 0 Å². The fraction of sp³-hybridized carbons (Fsp3) is 0.0455. The number of hydrogen-bond acceptors (Lipinski definition) is 4. The van der Waals surface area contributed by atoms with Crippen LogP contribution in [0.1, 0.15) is 19.4 Å². The summed E-state index contributed by atoms with van der Waals surface area (Å²) in [7, 11) is 0. The lowest BCUT2D eigenvalue weighted by molar-refractivity contribution is 1.07. The fourth-order valence-electron chi connectivity index (χ4n) is 5.88. The predicted molar refractivity (Wildman–Crippen MR) is 201 cm³/mol. The number of aromatic nitrogens is 3. The molecule has 0 radical (unpaired) electrons. The van der Waals surface area contributed by atoms with Crippen molar-refractivity contribution in [2.24, 2.45) is 4.99 Å². The zero-order valence-electron chi connectivity index (χ0n) is 27.0. The van der Waals surface area contributed by atoms with E-state index < -0.39 is 0 Å². The molecule has 1 aromatic heterocycles. The Bertz CT molecular complexity index is 2260. The van der Waals surface area contributed by atoms with Crippen molar-refractivity contribution in [1.82, 2.24) is 15.0 Å². The SMILES string of the molecule is C=N/C(C)=C\C(=C/C)c1cccc(-c2cc(-c3ccc4ccccc4c3)cc(-c3nc(-c4ccccc4)nc(-c4ccccc4)n3)c2)c1. The summed E-state index contributed by atoms with van der Waals surface area (Å²) in [5.74, 6) is 1.89. The first kappa shape index (κ1) is 30.4. The fourth-order valence-corrected chi connectivity index (χ4v) is 5.88. The summed E-state index contributed by atoms with van der Waals surface area (Å²) in [6, 6.07) is 50.5. The average Bonchev–Trinajstić information content (AvgIpc) is 3.17. The van der Waals surface area contributed by atoms with Crippen LogP contribution in [-0.2, 0) is 0 Å². The van der Waals surface area contributed by atoms with Gasteiger partial charge in [0.2, 0.25) is 0 Å². The van der Waals surface area contributed by atoms with E-state index in [1.165, 1.54) is 10.8 Å². The molecule has 0 saturated carbocycles. The van der Waals surface area contributed by atoms with Gasteiger partial charge < -0.3 is 0 Å². The quantitative estimate of drug-likeness (QED) is 0.126. The minimum absolute atomic E-state index is 0.618. The monoisotopic (exact) mass is 618 g/mol. The van der Waals surface area contributed by atoms with Gasteiger partial charge in [0.1, 0.15) is 0 Å². The van der Waals surface area contributed by atoms with Gasteiger partial charge in [-0.05, 0) is 101 Å². The molecule has 4 nitrogen and oxygen atoms in total. The maximum absolute atomic E-state index is 5.06. The maximum Gasteiger partial charge on any atom is 0.164 e. The van der Waals surface area contributed by atoms with Crippen LogP contribution in [0.25, 0.3) is 72.8 Å². The van der Waals surface area contributed by atoms with Crippen LogP contribution in [0, 0.1) is 0 Å². The van der Waals surface area contributed by atoms with Crippen molar-refractivity contribution < 1.29 is 0 Å². The third-order valence-corrected chi connectivity index (χ3v) is 8.43. The van der Waals surface area contributed by atoms with Gasteiger partial charge in [-0.25, -0.2) is 15.0 Å². The Kier molecular flexibility index (Phi) is 8.62. The molecule has 0 aliphatic rings. The normalized spacial score (nSPS) is 11.9. The Balaban J connectivity index is 1.44. The van der Waals surface area contributed by atoms with E-state index in [4.69, 9.17) is 15.0 Å². The van der Waals surface area contributed by atoms with Crippen molar-refractivity contribution in [2.75, 3.05) is 0 Å². The van der Waals surface area contributed by atoms with Gasteiger partial charge in [-0.1, -0.05) is 121 Å². The van der Waals surface area contributed by atoms with E-state index in [1.807, 2.05) is 74.5 Å². The van der Waals surface area contributed by atoms with E-state index in [0.29, 0.717) is 17.5 Å². The largest absolute Gasteiger partial charge is 0.269 e. The van der Waals surface area contributed by atoms with Crippen LogP contribution in [-0.4, -0.2) is 21.7 Å². The Morgan fingerprint density at radius 2 is 1.02 bits per heavy atom. The number of allylic oxidation sites excluding steroid dienone is 4. The first-order chi connectivity index (χ1) is 23.6. The molecule has 7 aromatic rings. The molecule has 0 fully saturated rings. The van der Waals surface area contributed by atoms with Gasteiger partial charge in [0.05, 0.1) is 0 Å². The summed E-state index contributed by atoms with van der Waals surface area (Å²) in [5.41, 5.74) is 10.2. The highest BCUT2D eigenvalue weighted by Gasteiger charge is 2.15. The first-order valence-corrected chi connectivity index (χ1v) is 16.0. The number of rotatable bonds is 8. The van der Waals surface area contributed by atoms with E-state index in [0.717, 1.165) is 55.8 Å². The standard InChI is InChI=1S/C44H34N4/c1-4-31(24-30(2)45-3)35-20-13-21-37(25-35)39-27-40(38-23-22-32-14-11-12-19-36(32)26-38)29-41(28-39)44-47-42(33-15-7-5-8-16-33)46-43(48-44)34-17-9-6-10-18-34/h4-29H,3H2,1-2H3/b30-24-,31-4+. The van der Waals surface area contributed by atoms with Crippen LogP contribution in [0.3, 0.4) is 0 Å². The second kappa shape index (κ2) is 13.6. The van der Waals surface area contributed by atoms with E-state index in [2.05, 4.69) is 109 Å². The molecule has 48 heavy (non-hydrogen) atoms. The molecule has 6 aromatic carbocycles. The summed E-state index contributed by atoms with van der Waals surface area (Å²) >= 11 is 0. The number of hydrogen-bond donors (Lipinski definition) is 0. The molecule has 7 rings (SSSR count). The van der Waals surface area contributed by atoms with Gasteiger partial charge in [-0.3, -0.25) is 4.99 Å². The number of benzene rings is 6. The third-order valence-electron chi connectivity index (χ3n) is 8.43. The molecule has 0 aliphatic heterocycles. The van der Waals surface area contributed by atoms with Crippen LogP contribution in [0.2, 0.25) is 0 Å².